The lowest BCUT2D eigenvalue weighted by Gasteiger charge is -2.40. The third kappa shape index (κ3) is 17.6. The van der Waals surface area contributed by atoms with Gasteiger partial charge in [0.1, 0.15) is 61.2 Å². The number of aliphatic carboxylic acids is 1. The molecule has 0 spiro atoms. The minimum atomic E-state index is -1.87. The summed E-state index contributed by atoms with van der Waals surface area (Å²) < 4.78 is 19.4. The number of rotatable bonds is 21. The summed E-state index contributed by atoms with van der Waals surface area (Å²) in [6.07, 6.45) is -7.13. The fraction of sp³-hybridized carbons (Fsp3) is 0.595. The van der Waals surface area contributed by atoms with Crippen molar-refractivity contribution >= 4 is 53.3 Å². The van der Waals surface area contributed by atoms with Crippen molar-refractivity contribution in [3.63, 3.8) is 0 Å². The van der Waals surface area contributed by atoms with E-state index in [1.165, 1.54) is 17.8 Å². The van der Waals surface area contributed by atoms with Crippen LogP contribution in [-0.4, -0.2) is 176 Å². The topological polar surface area (TPSA) is 406 Å². The third-order valence-corrected chi connectivity index (χ3v) is 11.0. The molecule has 2 fully saturated rings. The van der Waals surface area contributed by atoms with Gasteiger partial charge >= 0.3 is 5.97 Å². The molecule has 2 saturated heterocycles. The van der Waals surface area contributed by atoms with Crippen LogP contribution >= 0.6 is 0 Å². The Morgan fingerprint density at radius 2 is 1.42 bits per heavy atom. The highest BCUT2D eigenvalue weighted by molar-refractivity contribution is 5.98. The third-order valence-electron chi connectivity index (χ3n) is 11.0. The Morgan fingerprint density at radius 1 is 0.797 bits per heavy atom. The van der Waals surface area contributed by atoms with Gasteiger partial charge in [0.25, 0.3) is 5.91 Å². The number of aliphatic hydroxyl groups is 3. The number of aromatic nitrogens is 3. The number of aliphatic hydroxyl groups excluding tert-OH is 3. The molecule has 7 amide bonds. The van der Waals surface area contributed by atoms with E-state index in [9.17, 15) is 63.2 Å². The summed E-state index contributed by atoms with van der Waals surface area (Å²) in [7, 11) is 0. The molecular formula is C42H62FN13O13. The van der Waals surface area contributed by atoms with E-state index in [0.717, 1.165) is 0 Å². The highest BCUT2D eigenvalue weighted by Crippen LogP contribution is 2.21. The van der Waals surface area contributed by atoms with Crippen LogP contribution in [0.5, 0.6) is 0 Å². The van der Waals surface area contributed by atoms with Gasteiger partial charge in [-0.25, -0.2) is 4.68 Å². The van der Waals surface area contributed by atoms with Crippen LogP contribution in [0.4, 0.5) is 4.39 Å². The number of hydrogen-bond acceptors (Lipinski definition) is 15. The number of guanidine groups is 1. The summed E-state index contributed by atoms with van der Waals surface area (Å²) in [5, 5.41) is 66.7. The van der Waals surface area contributed by atoms with Crippen LogP contribution in [0.3, 0.4) is 0 Å². The first-order chi connectivity index (χ1) is 32.9. The van der Waals surface area contributed by atoms with Crippen LogP contribution < -0.4 is 48.7 Å². The molecule has 26 nitrogen and oxygen atoms in total. The molecule has 10 atom stereocenters. The number of aliphatic imine (C=N–C) groups is 1. The lowest BCUT2D eigenvalue weighted by molar-refractivity contribution is -0.219. The number of carbonyl (C=O) groups is 8. The lowest BCUT2D eigenvalue weighted by atomic mass is 9.94. The van der Waals surface area contributed by atoms with Crippen LogP contribution in [0.15, 0.2) is 41.5 Å². The van der Waals surface area contributed by atoms with Crippen molar-refractivity contribution in [1.82, 2.24) is 52.2 Å². The average molecular weight is 975 g/mol. The SMILES string of the molecule is C[C@@H]1NC(=O)[C@H](CCCN=C(N)N)NC(=O)[C@H](CCCCNC(=O)C2O[C@H](CNC(=O)Cn3cc(CCC[18F])nn3)[C@@H](O)C(O)[C@@H]2O)NC(=O)[C@@H](Cc2ccccc2)NC(=O)[C@H](CC(=O)O)NC1=O. The van der Waals surface area contributed by atoms with Crippen LogP contribution in [0.25, 0.3) is 0 Å². The van der Waals surface area contributed by atoms with E-state index in [4.69, 9.17) is 16.2 Å². The van der Waals surface area contributed by atoms with Crippen molar-refractivity contribution < 1.29 is 67.9 Å². The number of amides is 7. The first kappa shape index (κ1) is 54.8. The van der Waals surface area contributed by atoms with Gasteiger partial charge in [0.05, 0.1) is 18.8 Å². The maximum atomic E-state index is 14.1. The molecule has 0 bridgehead atoms. The Bertz CT molecular complexity index is 2110. The van der Waals surface area contributed by atoms with E-state index in [1.807, 2.05) is 0 Å². The van der Waals surface area contributed by atoms with Crippen LogP contribution in [0.1, 0.15) is 63.1 Å². The smallest absolute Gasteiger partial charge is 0.305 e. The van der Waals surface area contributed by atoms with Gasteiger partial charge < -0.3 is 73.8 Å². The molecule has 15 N–H and O–H groups in total. The predicted molar refractivity (Wildman–Crippen MR) is 239 cm³/mol. The summed E-state index contributed by atoms with van der Waals surface area (Å²) in [6, 6.07) is 1.33. The monoisotopic (exact) mass is 974 g/mol. The summed E-state index contributed by atoms with van der Waals surface area (Å²) >= 11 is 0. The zero-order valence-electron chi connectivity index (χ0n) is 37.9. The second-order valence-corrected chi connectivity index (χ2v) is 16.6. The van der Waals surface area contributed by atoms with Crippen LogP contribution in [-0.2, 0) is 62.5 Å². The fourth-order valence-corrected chi connectivity index (χ4v) is 7.29. The summed E-state index contributed by atoms with van der Waals surface area (Å²) in [5.41, 5.74) is 11.9. The van der Waals surface area contributed by atoms with Crippen molar-refractivity contribution in [3.8, 4) is 0 Å². The maximum Gasteiger partial charge on any atom is 0.305 e. The molecule has 1 aromatic heterocycles. The van der Waals surface area contributed by atoms with Gasteiger partial charge in [-0.2, -0.15) is 0 Å². The molecule has 3 heterocycles. The summed E-state index contributed by atoms with van der Waals surface area (Å²) in [4.78, 5) is 110. The van der Waals surface area contributed by atoms with Gasteiger partial charge in [0.15, 0.2) is 12.1 Å². The Hall–Kier alpha value is -6.84. The molecule has 0 saturated carbocycles. The molecular weight excluding hydrogens is 913 g/mol. The number of nitrogens with two attached hydrogens (primary N) is 2. The maximum absolute atomic E-state index is 14.1. The van der Waals surface area contributed by atoms with Crippen LogP contribution in [0.2, 0.25) is 0 Å². The number of carboxylic acid groups (broad SMARTS) is 1. The fourth-order valence-electron chi connectivity index (χ4n) is 7.29. The Balaban J connectivity index is 1.46. The second-order valence-electron chi connectivity index (χ2n) is 16.6. The van der Waals surface area contributed by atoms with Gasteiger partial charge in [-0.1, -0.05) is 35.5 Å². The molecule has 27 heteroatoms. The van der Waals surface area contributed by atoms with E-state index in [-0.39, 0.29) is 77.1 Å². The van der Waals surface area contributed by atoms with E-state index >= 15 is 0 Å². The zero-order chi connectivity index (χ0) is 50.6. The first-order valence-corrected chi connectivity index (χ1v) is 22.4. The molecule has 2 aliphatic rings. The number of alkyl halides is 1. The highest BCUT2D eigenvalue weighted by atomic mass is 18.2. The number of carbonyl (C=O) groups excluding carboxylic acids is 7. The summed E-state index contributed by atoms with van der Waals surface area (Å²) in [5.74, 6) is -7.63. The van der Waals surface area contributed by atoms with E-state index < -0.39 is 121 Å². The Labute approximate surface area is 395 Å². The normalized spacial score (nSPS) is 25.8. The number of aryl methyl sites for hydroxylation is 1. The molecule has 69 heavy (non-hydrogen) atoms. The number of ether oxygens (including phenoxy) is 1. The molecule has 2 unspecified atom stereocenters. The number of carboxylic acids is 1. The number of nitrogens with zero attached hydrogens (tertiary/aromatic N) is 4. The molecule has 380 valence electrons. The van der Waals surface area contributed by atoms with Crippen molar-refractivity contribution in [2.75, 3.05) is 26.3 Å². The lowest BCUT2D eigenvalue weighted by Crippen LogP contribution is -2.63. The largest absolute Gasteiger partial charge is 0.481 e. The van der Waals surface area contributed by atoms with E-state index in [1.54, 1.807) is 30.3 Å². The van der Waals surface area contributed by atoms with Crippen LogP contribution in [0, 0.1) is 0 Å². The van der Waals surface area contributed by atoms with Crippen molar-refractivity contribution in [2.24, 2.45) is 16.5 Å². The quantitative estimate of drug-likeness (QED) is 0.0316. The zero-order valence-corrected chi connectivity index (χ0v) is 37.9. The Kier molecular flexibility index (Phi) is 21.6. The molecule has 4 rings (SSSR count). The van der Waals surface area contributed by atoms with Gasteiger partial charge in [-0.05, 0) is 57.4 Å². The first-order valence-electron chi connectivity index (χ1n) is 22.4. The molecule has 0 radical (unpaired) electrons. The summed E-state index contributed by atoms with van der Waals surface area (Å²) in [6.45, 7) is 0.0471. The minimum absolute atomic E-state index is 0.0466. The predicted octanol–water partition coefficient (Wildman–Crippen LogP) is -5.34. The average Bonchev–Trinajstić information content (AvgIpc) is 3.75. The van der Waals surface area contributed by atoms with E-state index in [2.05, 4.69) is 52.5 Å². The second kappa shape index (κ2) is 27.2. The number of benzene rings is 1. The standard InChI is InChI=1S/C42H62FN13O13/c1-22-36(63)52-28(18-31(58)59)40(67)53-27(17-23-9-3-2-4-10-23)39(66)51-25(38(65)50-26(37(64)49-22)13-8-16-47-42(44)45)12-5-6-15-46-41(68)35-34(62)33(61)32(60)29(69-35)19-48-30(57)21-56-20-24(54-55-56)11-7-14-43/h2-4,9-10,20,22,25-29,32-35,60-62H,5-8,11-19,21H2,1H3,(H,46,68)(H,48,57)(H,49,64)(H,50,65)(H,51,66)(H,52,63)(H,53,67)(H,58,59)(H4,44,45,47)/t22-,25-,26-,27+,28-,29+,32+,33?,34-,35?/m0/s1/i43-1. The molecule has 0 aliphatic carbocycles. The molecule has 2 aliphatic heterocycles. The van der Waals surface area contributed by atoms with Gasteiger partial charge in [0, 0.05) is 32.3 Å². The van der Waals surface area contributed by atoms with Crippen molar-refractivity contribution in [2.45, 2.75) is 132 Å². The van der Waals surface area contributed by atoms with Crippen molar-refractivity contribution in [3.05, 3.63) is 47.8 Å². The van der Waals surface area contributed by atoms with Gasteiger partial charge in [0.2, 0.25) is 35.4 Å². The van der Waals surface area contributed by atoms with Gasteiger partial charge in [-0.15, -0.1) is 5.10 Å². The number of unbranched alkanes of at least 4 members (excludes halogenated alkanes) is 1. The number of nitrogens with one attached hydrogen (secondary N) is 7. The number of halogens is 1. The van der Waals surface area contributed by atoms with Gasteiger partial charge in [-0.3, -0.25) is 47.7 Å². The molecule has 1 aromatic carbocycles. The minimum Gasteiger partial charge on any atom is -0.481 e. The van der Waals surface area contributed by atoms with Crippen molar-refractivity contribution in [1.29, 1.82) is 0 Å². The number of hydrogen-bond donors (Lipinski definition) is 13. The molecule has 2 aromatic rings. The Morgan fingerprint density at radius 3 is 2.09 bits per heavy atom. The highest BCUT2D eigenvalue weighted by Gasteiger charge is 2.46. The van der Waals surface area contributed by atoms with E-state index in [0.29, 0.717) is 17.7 Å².